The minimum absolute atomic E-state index is 0.206. The van der Waals surface area contributed by atoms with Crippen LogP contribution in [0.15, 0.2) is 65.7 Å². The molecule has 0 fully saturated rings. The lowest BCUT2D eigenvalue weighted by Gasteiger charge is -2.30. The van der Waals surface area contributed by atoms with Crippen molar-refractivity contribution in [1.29, 1.82) is 0 Å². The fourth-order valence-corrected chi connectivity index (χ4v) is 3.50. The Kier molecular flexibility index (Phi) is 5.15. The van der Waals surface area contributed by atoms with E-state index in [2.05, 4.69) is 9.97 Å². The molecule has 2 aromatic heterocycles. The van der Waals surface area contributed by atoms with Crippen molar-refractivity contribution in [2.24, 2.45) is 7.05 Å². The molecule has 1 aromatic carbocycles. The van der Waals surface area contributed by atoms with Crippen molar-refractivity contribution >= 4 is 11.5 Å². The van der Waals surface area contributed by atoms with Gasteiger partial charge in [0.2, 0.25) is 5.95 Å². The first kappa shape index (κ1) is 19.9. The molecule has 0 N–H and O–H groups in total. The van der Waals surface area contributed by atoms with E-state index in [0.717, 1.165) is 23.3 Å². The third-order valence-corrected chi connectivity index (χ3v) is 5.08. The smallest absolute Gasteiger partial charge is 0.338 e. The van der Waals surface area contributed by atoms with E-state index >= 15 is 0 Å². The van der Waals surface area contributed by atoms with E-state index in [0.29, 0.717) is 36.7 Å². The van der Waals surface area contributed by atoms with Crippen molar-refractivity contribution in [2.45, 2.75) is 12.6 Å². The molecule has 5 nitrogen and oxygen atoms in total. The molecular weight excluding hydrogens is 393 g/mol. The molecule has 1 aliphatic heterocycles. The summed E-state index contributed by atoms with van der Waals surface area (Å²) in [5.74, 6) is 0.479. The Bertz CT molecular complexity index is 1150. The molecule has 0 saturated carbocycles. The van der Waals surface area contributed by atoms with Crippen LogP contribution in [0.25, 0.3) is 16.8 Å². The monoisotopic (exact) mass is 412 g/mol. The van der Waals surface area contributed by atoms with Crippen LogP contribution in [0.3, 0.4) is 0 Å². The molecule has 0 atom stereocenters. The summed E-state index contributed by atoms with van der Waals surface area (Å²) in [7, 11) is 1.64. The summed E-state index contributed by atoms with van der Waals surface area (Å²) < 4.78 is 40.7. The number of alkyl halides is 3. The first-order valence-corrected chi connectivity index (χ1v) is 9.43. The number of pyridine rings is 1. The normalized spacial score (nSPS) is 14.5. The maximum atomic E-state index is 13.1. The second-order valence-electron chi connectivity index (χ2n) is 7.09. The van der Waals surface area contributed by atoms with E-state index in [1.165, 1.54) is 16.7 Å². The van der Waals surface area contributed by atoms with Gasteiger partial charge in [-0.3, -0.25) is 14.3 Å². The quantitative estimate of drug-likeness (QED) is 0.649. The van der Waals surface area contributed by atoms with Crippen LogP contribution in [0.2, 0.25) is 0 Å². The number of anilines is 1. The minimum Gasteiger partial charge on any atom is -0.338 e. The SMILES string of the molecule is Cn1c(N2CCC=C(c3cccc(C(F)(F)F)c3)C2)nc(-c2ccncc2)cc1=O. The molecule has 30 heavy (non-hydrogen) atoms. The Balaban J connectivity index is 1.68. The average Bonchev–Trinajstić information content (AvgIpc) is 2.76. The third-order valence-electron chi connectivity index (χ3n) is 5.08. The lowest BCUT2D eigenvalue weighted by Crippen LogP contribution is -2.35. The van der Waals surface area contributed by atoms with Crippen LogP contribution in [0.5, 0.6) is 0 Å². The second kappa shape index (κ2) is 7.78. The molecule has 0 bridgehead atoms. The fraction of sp³-hybridized carbons (Fsp3) is 0.227. The summed E-state index contributed by atoms with van der Waals surface area (Å²) in [5, 5.41) is 0. The fourth-order valence-electron chi connectivity index (χ4n) is 3.50. The number of rotatable bonds is 3. The van der Waals surface area contributed by atoms with Crippen molar-refractivity contribution in [1.82, 2.24) is 14.5 Å². The zero-order valence-electron chi connectivity index (χ0n) is 16.2. The van der Waals surface area contributed by atoms with E-state index in [1.54, 1.807) is 37.6 Å². The Labute approximate surface area is 171 Å². The van der Waals surface area contributed by atoms with Gasteiger partial charge >= 0.3 is 6.18 Å². The molecule has 0 aliphatic carbocycles. The summed E-state index contributed by atoms with van der Waals surface area (Å²) in [6.45, 7) is 0.976. The predicted octanol–water partition coefficient (Wildman–Crippen LogP) is 4.15. The van der Waals surface area contributed by atoms with Gasteiger partial charge in [0.15, 0.2) is 0 Å². The van der Waals surface area contributed by atoms with Gasteiger partial charge in [-0.25, -0.2) is 4.98 Å². The summed E-state index contributed by atoms with van der Waals surface area (Å²) in [4.78, 5) is 23.1. The Morgan fingerprint density at radius 3 is 2.53 bits per heavy atom. The summed E-state index contributed by atoms with van der Waals surface area (Å²) in [6.07, 6.45) is 1.44. The summed E-state index contributed by atoms with van der Waals surface area (Å²) in [5.41, 5.74) is 1.71. The predicted molar refractivity (Wildman–Crippen MR) is 109 cm³/mol. The van der Waals surface area contributed by atoms with Gasteiger partial charge in [0.05, 0.1) is 11.3 Å². The van der Waals surface area contributed by atoms with E-state index in [-0.39, 0.29) is 5.56 Å². The van der Waals surface area contributed by atoms with Crippen LogP contribution < -0.4 is 10.5 Å². The van der Waals surface area contributed by atoms with Crippen molar-refractivity contribution in [3.8, 4) is 11.3 Å². The number of halogens is 3. The zero-order chi connectivity index (χ0) is 21.3. The van der Waals surface area contributed by atoms with E-state index < -0.39 is 11.7 Å². The van der Waals surface area contributed by atoms with Crippen molar-refractivity contribution in [3.63, 3.8) is 0 Å². The van der Waals surface area contributed by atoms with Gasteiger partial charge in [0.1, 0.15) is 0 Å². The van der Waals surface area contributed by atoms with Crippen molar-refractivity contribution in [3.05, 3.63) is 82.4 Å². The summed E-state index contributed by atoms with van der Waals surface area (Å²) in [6, 6.07) is 10.3. The molecule has 154 valence electrons. The number of hydrogen-bond acceptors (Lipinski definition) is 4. The molecule has 4 rings (SSSR count). The van der Waals surface area contributed by atoms with Crippen LogP contribution in [-0.2, 0) is 13.2 Å². The minimum atomic E-state index is -4.39. The number of aromatic nitrogens is 3. The lowest BCUT2D eigenvalue weighted by atomic mass is 9.99. The van der Waals surface area contributed by atoms with Gasteiger partial charge in [0, 0.05) is 44.2 Å². The maximum Gasteiger partial charge on any atom is 0.416 e. The number of benzene rings is 1. The van der Waals surface area contributed by atoms with Gasteiger partial charge in [0.25, 0.3) is 5.56 Å². The molecule has 0 amide bonds. The van der Waals surface area contributed by atoms with E-state index in [4.69, 9.17) is 0 Å². The third kappa shape index (κ3) is 3.98. The lowest BCUT2D eigenvalue weighted by molar-refractivity contribution is -0.137. The van der Waals surface area contributed by atoms with Gasteiger partial charge < -0.3 is 4.90 Å². The Morgan fingerprint density at radius 2 is 1.80 bits per heavy atom. The first-order chi connectivity index (χ1) is 14.3. The molecule has 3 aromatic rings. The van der Waals surface area contributed by atoms with Crippen LogP contribution in [0.1, 0.15) is 17.5 Å². The Hall–Kier alpha value is -3.42. The highest BCUT2D eigenvalue weighted by Gasteiger charge is 2.31. The van der Waals surface area contributed by atoms with Crippen LogP contribution in [0, 0.1) is 0 Å². The summed E-state index contributed by atoms with van der Waals surface area (Å²) >= 11 is 0. The number of nitrogens with zero attached hydrogens (tertiary/aromatic N) is 4. The zero-order valence-corrected chi connectivity index (χ0v) is 16.2. The molecule has 3 heterocycles. The van der Waals surface area contributed by atoms with Gasteiger partial charge in [-0.05, 0) is 41.8 Å². The van der Waals surface area contributed by atoms with Gasteiger partial charge in [-0.1, -0.05) is 18.2 Å². The van der Waals surface area contributed by atoms with Crippen molar-refractivity contribution in [2.75, 3.05) is 18.0 Å². The van der Waals surface area contributed by atoms with Crippen LogP contribution in [0.4, 0.5) is 19.1 Å². The first-order valence-electron chi connectivity index (χ1n) is 9.43. The molecule has 0 saturated heterocycles. The number of hydrogen-bond donors (Lipinski definition) is 0. The van der Waals surface area contributed by atoms with Gasteiger partial charge in [-0.15, -0.1) is 0 Å². The molecule has 0 unspecified atom stereocenters. The molecular formula is C22H19F3N4O. The molecule has 0 spiro atoms. The van der Waals surface area contributed by atoms with Crippen LogP contribution >= 0.6 is 0 Å². The molecule has 8 heteroatoms. The molecule has 0 radical (unpaired) electrons. The van der Waals surface area contributed by atoms with E-state index in [1.807, 2.05) is 11.0 Å². The second-order valence-corrected chi connectivity index (χ2v) is 7.09. The largest absolute Gasteiger partial charge is 0.416 e. The van der Waals surface area contributed by atoms with Gasteiger partial charge in [-0.2, -0.15) is 13.2 Å². The Morgan fingerprint density at radius 1 is 1.03 bits per heavy atom. The maximum absolute atomic E-state index is 13.1. The average molecular weight is 412 g/mol. The van der Waals surface area contributed by atoms with Crippen LogP contribution in [-0.4, -0.2) is 27.6 Å². The highest BCUT2D eigenvalue weighted by atomic mass is 19.4. The standard InChI is InChI=1S/C22H19F3N4O/c1-28-20(30)13-19(15-7-9-26-10-8-15)27-21(28)29-11-3-5-17(14-29)16-4-2-6-18(12-16)22(23,24)25/h2,4-10,12-13H,3,11,14H2,1H3. The highest BCUT2D eigenvalue weighted by Crippen LogP contribution is 2.32. The topological polar surface area (TPSA) is 51.0 Å². The van der Waals surface area contributed by atoms with Crippen molar-refractivity contribution < 1.29 is 13.2 Å². The highest BCUT2D eigenvalue weighted by molar-refractivity contribution is 5.71. The van der Waals surface area contributed by atoms with E-state index in [9.17, 15) is 18.0 Å². The molecule has 1 aliphatic rings.